The van der Waals surface area contributed by atoms with Gasteiger partial charge in [-0.05, 0) is 31.6 Å². The van der Waals surface area contributed by atoms with Crippen molar-refractivity contribution in [1.82, 2.24) is 10.2 Å². The third kappa shape index (κ3) is 3.19. The highest BCUT2D eigenvalue weighted by Gasteiger charge is 2.38. The Hall–Kier alpha value is -0.610. The summed E-state index contributed by atoms with van der Waals surface area (Å²) in [6.45, 7) is 5.84. The van der Waals surface area contributed by atoms with Gasteiger partial charge in [0.05, 0.1) is 0 Å². The van der Waals surface area contributed by atoms with E-state index in [4.69, 9.17) is 5.73 Å². The minimum absolute atomic E-state index is 0.173. The monoisotopic (exact) mass is 239 g/mol. The van der Waals surface area contributed by atoms with E-state index in [1.165, 1.54) is 19.3 Å². The van der Waals surface area contributed by atoms with Gasteiger partial charge in [0.2, 0.25) is 5.91 Å². The summed E-state index contributed by atoms with van der Waals surface area (Å²) in [4.78, 5) is 13.8. The Morgan fingerprint density at radius 1 is 1.41 bits per heavy atom. The predicted octanol–water partition coefficient (Wildman–Crippen LogP) is 0.572. The van der Waals surface area contributed by atoms with E-state index in [1.807, 2.05) is 6.92 Å². The number of hydrogen-bond acceptors (Lipinski definition) is 3. The van der Waals surface area contributed by atoms with E-state index in [0.29, 0.717) is 18.4 Å². The molecular formula is C13H25N3O. The Morgan fingerprint density at radius 3 is 2.94 bits per heavy atom. The van der Waals surface area contributed by atoms with Crippen molar-refractivity contribution < 1.29 is 4.79 Å². The van der Waals surface area contributed by atoms with Crippen molar-refractivity contribution in [2.45, 2.75) is 38.6 Å². The molecule has 17 heavy (non-hydrogen) atoms. The average molecular weight is 239 g/mol. The van der Waals surface area contributed by atoms with Gasteiger partial charge in [0, 0.05) is 38.6 Å². The topological polar surface area (TPSA) is 58.4 Å². The molecule has 1 aliphatic heterocycles. The van der Waals surface area contributed by atoms with Crippen molar-refractivity contribution in [2.24, 2.45) is 17.6 Å². The minimum atomic E-state index is 0.173. The number of amides is 1. The maximum Gasteiger partial charge on any atom is 0.221 e. The highest BCUT2D eigenvalue weighted by Crippen LogP contribution is 2.35. The van der Waals surface area contributed by atoms with Crippen LogP contribution >= 0.6 is 0 Å². The summed E-state index contributed by atoms with van der Waals surface area (Å²) in [6.07, 6.45) is 4.43. The largest absolute Gasteiger partial charge is 0.356 e. The first-order valence-electron chi connectivity index (χ1n) is 6.95. The number of nitrogens with one attached hydrogen (secondary N) is 1. The summed E-state index contributed by atoms with van der Waals surface area (Å²) in [5, 5.41) is 2.85. The second-order valence-corrected chi connectivity index (χ2v) is 5.48. The lowest BCUT2D eigenvalue weighted by Gasteiger charge is -2.29. The molecule has 0 bridgehead atoms. The summed E-state index contributed by atoms with van der Waals surface area (Å²) in [7, 11) is 0. The highest BCUT2D eigenvalue weighted by atomic mass is 16.1. The second-order valence-electron chi connectivity index (χ2n) is 5.48. The second kappa shape index (κ2) is 5.83. The van der Waals surface area contributed by atoms with Gasteiger partial charge in [0.15, 0.2) is 0 Å². The van der Waals surface area contributed by atoms with Gasteiger partial charge in [0.25, 0.3) is 0 Å². The average Bonchev–Trinajstić information content (AvgIpc) is 2.71. The van der Waals surface area contributed by atoms with Gasteiger partial charge in [-0.2, -0.15) is 0 Å². The zero-order chi connectivity index (χ0) is 12.3. The van der Waals surface area contributed by atoms with Crippen LogP contribution in [0.3, 0.4) is 0 Å². The van der Waals surface area contributed by atoms with Crippen LogP contribution in [0, 0.1) is 11.8 Å². The Morgan fingerprint density at radius 2 is 2.24 bits per heavy atom. The van der Waals surface area contributed by atoms with Crippen LogP contribution in [0.2, 0.25) is 0 Å². The summed E-state index contributed by atoms with van der Waals surface area (Å²) in [5.74, 6) is 1.64. The lowest BCUT2D eigenvalue weighted by Crippen LogP contribution is -2.38. The molecule has 4 heteroatoms. The van der Waals surface area contributed by atoms with E-state index in [-0.39, 0.29) is 5.91 Å². The number of carbonyl (C=O) groups is 1. The summed E-state index contributed by atoms with van der Waals surface area (Å²) < 4.78 is 0. The third-order valence-electron chi connectivity index (χ3n) is 4.26. The fourth-order valence-electron chi connectivity index (χ4n) is 3.34. The van der Waals surface area contributed by atoms with E-state index in [1.54, 1.807) is 0 Å². The van der Waals surface area contributed by atoms with Crippen molar-refractivity contribution in [3.05, 3.63) is 0 Å². The molecule has 0 radical (unpaired) electrons. The smallest absolute Gasteiger partial charge is 0.221 e. The van der Waals surface area contributed by atoms with E-state index in [9.17, 15) is 4.79 Å². The fraction of sp³-hybridized carbons (Fsp3) is 0.923. The normalized spacial score (nSPS) is 33.4. The lowest BCUT2D eigenvalue weighted by molar-refractivity contribution is -0.121. The molecule has 0 aromatic rings. The minimum Gasteiger partial charge on any atom is -0.356 e. The highest BCUT2D eigenvalue weighted by molar-refractivity contribution is 5.75. The molecule has 1 saturated carbocycles. The molecule has 1 saturated heterocycles. The molecule has 4 nitrogen and oxygen atoms in total. The quantitative estimate of drug-likeness (QED) is 0.754. The molecule has 1 amide bonds. The van der Waals surface area contributed by atoms with E-state index >= 15 is 0 Å². The number of hydrogen-bond donors (Lipinski definition) is 2. The maximum atomic E-state index is 11.4. The zero-order valence-corrected chi connectivity index (χ0v) is 10.8. The van der Waals surface area contributed by atoms with Crippen LogP contribution in [0.1, 0.15) is 32.6 Å². The Bertz CT molecular complexity index is 269. The number of rotatable bonds is 4. The standard InChI is InChI=1S/C13H25N3O/c1-2-15-13(17)6-7-16-8-10-4-3-5-12(14)11(10)9-16/h10-12H,2-9,14H2,1H3,(H,15,17). The summed E-state index contributed by atoms with van der Waals surface area (Å²) in [6, 6.07) is 0.392. The molecule has 2 fully saturated rings. The van der Waals surface area contributed by atoms with Crippen molar-refractivity contribution in [2.75, 3.05) is 26.2 Å². The number of likely N-dealkylation sites (tertiary alicyclic amines) is 1. The maximum absolute atomic E-state index is 11.4. The number of nitrogens with zero attached hydrogens (tertiary/aromatic N) is 1. The molecule has 98 valence electrons. The molecule has 1 aliphatic carbocycles. The molecule has 0 spiro atoms. The first kappa shape index (κ1) is 12.8. The van der Waals surface area contributed by atoms with Crippen molar-refractivity contribution in [3.63, 3.8) is 0 Å². The van der Waals surface area contributed by atoms with Crippen LogP contribution in [0.4, 0.5) is 0 Å². The van der Waals surface area contributed by atoms with Crippen LogP contribution in [0.25, 0.3) is 0 Å². The van der Waals surface area contributed by atoms with Gasteiger partial charge < -0.3 is 16.0 Å². The van der Waals surface area contributed by atoms with Crippen molar-refractivity contribution in [3.8, 4) is 0 Å². The van der Waals surface area contributed by atoms with Crippen LogP contribution in [-0.4, -0.2) is 43.0 Å². The van der Waals surface area contributed by atoms with Crippen LogP contribution in [-0.2, 0) is 4.79 Å². The van der Waals surface area contributed by atoms with Gasteiger partial charge in [-0.1, -0.05) is 6.42 Å². The molecule has 0 aromatic carbocycles. The van der Waals surface area contributed by atoms with Crippen LogP contribution in [0.5, 0.6) is 0 Å². The van der Waals surface area contributed by atoms with Crippen molar-refractivity contribution in [1.29, 1.82) is 0 Å². The Labute approximate surface area is 104 Å². The summed E-state index contributed by atoms with van der Waals surface area (Å²) in [5.41, 5.74) is 6.18. The van der Waals surface area contributed by atoms with E-state index < -0.39 is 0 Å². The molecule has 3 N–H and O–H groups in total. The fourth-order valence-corrected chi connectivity index (χ4v) is 3.34. The molecule has 2 aliphatic rings. The van der Waals surface area contributed by atoms with E-state index in [0.717, 1.165) is 32.1 Å². The number of nitrogens with two attached hydrogens (primary N) is 1. The molecular weight excluding hydrogens is 214 g/mol. The number of fused-ring (bicyclic) bond motifs is 1. The van der Waals surface area contributed by atoms with E-state index in [2.05, 4.69) is 10.2 Å². The van der Waals surface area contributed by atoms with Gasteiger partial charge in [0.1, 0.15) is 0 Å². The third-order valence-corrected chi connectivity index (χ3v) is 4.26. The lowest BCUT2D eigenvalue weighted by atomic mass is 9.78. The van der Waals surface area contributed by atoms with Crippen molar-refractivity contribution >= 4 is 5.91 Å². The molecule has 1 heterocycles. The zero-order valence-electron chi connectivity index (χ0n) is 10.8. The predicted molar refractivity (Wildman–Crippen MR) is 68.5 cm³/mol. The number of carbonyl (C=O) groups excluding carboxylic acids is 1. The van der Waals surface area contributed by atoms with Gasteiger partial charge in [-0.15, -0.1) is 0 Å². The molecule has 0 aromatic heterocycles. The SMILES string of the molecule is CCNC(=O)CCN1CC2CCCC(N)C2C1. The molecule has 3 unspecified atom stereocenters. The van der Waals surface area contributed by atoms with Gasteiger partial charge in [-0.25, -0.2) is 0 Å². The Kier molecular flexibility index (Phi) is 4.40. The first-order chi connectivity index (χ1) is 8.20. The molecule has 2 rings (SSSR count). The first-order valence-corrected chi connectivity index (χ1v) is 6.95. The molecule has 3 atom stereocenters. The van der Waals surface area contributed by atoms with Gasteiger partial charge >= 0.3 is 0 Å². The van der Waals surface area contributed by atoms with Gasteiger partial charge in [-0.3, -0.25) is 4.79 Å². The Balaban J connectivity index is 1.75. The van der Waals surface area contributed by atoms with Crippen LogP contribution in [0.15, 0.2) is 0 Å². The van der Waals surface area contributed by atoms with Crippen LogP contribution < -0.4 is 11.1 Å². The summed E-state index contributed by atoms with van der Waals surface area (Å²) >= 11 is 0.